The summed E-state index contributed by atoms with van der Waals surface area (Å²) in [6, 6.07) is 16.3. The van der Waals surface area contributed by atoms with Crippen LogP contribution in [0.15, 0.2) is 48.5 Å². The van der Waals surface area contributed by atoms with Crippen LogP contribution in [0, 0.1) is 0 Å². The van der Waals surface area contributed by atoms with Crippen molar-refractivity contribution in [1.82, 2.24) is 14.5 Å². The van der Waals surface area contributed by atoms with E-state index in [-0.39, 0.29) is 12.4 Å². The molecule has 4 rings (SSSR count). The predicted molar refractivity (Wildman–Crippen MR) is 93.5 cm³/mol. The molecule has 0 fully saturated rings. The van der Waals surface area contributed by atoms with Crippen molar-refractivity contribution in [3.05, 3.63) is 48.5 Å². The van der Waals surface area contributed by atoms with Crippen molar-refractivity contribution in [1.29, 1.82) is 0 Å². The van der Waals surface area contributed by atoms with Gasteiger partial charge in [0.05, 0.1) is 16.6 Å². The largest absolute Gasteiger partial charge is 0.330 e. The molecule has 5 heteroatoms. The molecule has 2 aromatic carbocycles. The molecule has 0 unspecified atom stereocenters. The molecule has 0 aliphatic heterocycles. The number of hydrogen-bond acceptors (Lipinski definition) is 3. The van der Waals surface area contributed by atoms with Gasteiger partial charge in [0.1, 0.15) is 5.52 Å². The molecule has 0 aliphatic rings. The number of halogens is 1. The molecular formula is C17H17ClN4. The Morgan fingerprint density at radius 1 is 0.909 bits per heavy atom. The summed E-state index contributed by atoms with van der Waals surface area (Å²) in [5.41, 5.74) is 10.6. The fraction of sp³-hybridized carbons (Fsp3) is 0.176. The van der Waals surface area contributed by atoms with E-state index in [0.29, 0.717) is 6.54 Å². The molecule has 0 amide bonds. The third kappa shape index (κ3) is 2.21. The molecule has 2 aromatic heterocycles. The Balaban J connectivity index is 0.00000144. The second-order valence-electron chi connectivity index (χ2n) is 5.20. The van der Waals surface area contributed by atoms with Gasteiger partial charge in [0.15, 0.2) is 5.65 Å². The molecular weight excluding hydrogens is 296 g/mol. The van der Waals surface area contributed by atoms with E-state index in [4.69, 9.17) is 15.7 Å². The van der Waals surface area contributed by atoms with Gasteiger partial charge in [0.2, 0.25) is 0 Å². The van der Waals surface area contributed by atoms with Crippen molar-refractivity contribution in [2.24, 2.45) is 5.73 Å². The molecule has 0 saturated heterocycles. The van der Waals surface area contributed by atoms with Gasteiger partial charge in [-0.25, -0.2) is 9.97 Å². The maximum absolute atomic E-state index is 5.67. The second kappa shape index (κ2) is 5.91. The Bertz CT molecular complexity index is 945. The van der Waals surface area contributed by atoms with E-state index in [9.17, 15) is 0 Å². The Labute approximate surface area is 134 Å². The van der Waals surface area contributed by atoms with Crippen LogP contribution in [0.3, 0.4) is 0 Å². The van der Waals surface area contributed by atoms with Gasteiger partial charge in [-0.3, -0.25) is 0 Å². The van der Waals surface area contributed by atoms with Crippen LogP contribution in [0.1, 0.15) is 6.42 Å². The monoisotopic (exact) mass is 312 g/mol. The summed E-state index contributed by atoms with van der Waals surface area (Å²) in [6.45, 7) is 1.54. The lowest BCUT2D eigenvalue weighted by molar-refractivity contribution is 0.683. The van der Waals surface area contributed by atoms with Gasteiger partial charge >= 0.3 is 0 Å². The number of rotatable bonds is 3. The van der Waals surface area contributed by atoms with Gasteiger partial charge in [0.25, 0.3) is 0 Å². The van der Waals surface area contributed by atoms with E-state index in [1.807, 2.05) is 30.3 Å². The normalized spacial score (nSPS) is 11.1. The molecule has 22 heavy (non-hydrogen) atoms. The fourth-order valence-corrected chi connectivity index (χ4v) is 2.86. The zero-order valence-corrected chi connectivity index (χ0v) is 12.9. The molecule has 0 aliphatic carbocycles. The van der Waals surface area contributed by atoms with Crippen molar-refractivity contribution < 1.29 is 0 Å². The summed E-state index contributed by atoms with van der Waals surface area (Å²) < 4.78 is 2.23. The number of benzene rings is 2. The first-order chi connectivity index (χ1) is 10.4. The van der Waals surface area contributed by atoms with Crippen LogP contribution in [-0.2, 0) is 6.54 Å². The fourth-order valence-electron chi connectivity index (χ4n) is 2.86. The first-order valence-corrected chi connectivity index (χ1v) is 7.22. The highest BCUT2D eigenvalue weighted by atomic mass is 35.5. The highest BCUT2D eigenvalue weighted by Crippen LogP contribution is 2.28. The van der Waals surface area contributed by atoms with E-state index >= 15 is 0 Å². The first kappa shape index (κ1) is 14.8. The number of aryl methyl sites for hydroxylation is 1. The van der Waals surface area contributed by atoms with Gasteiger partial charge in [-0.2, -0.15) is 0 Å². The predicted octanol–water partition coefficient (Wildman–Crippen LogP) is 3.51. The van der Waals surface area contributed by atoms with Gasteiger partial charge in [-0.05, 0) is 31.2 Å². The van der Waals surface area contributed by atoms with Crippen LogP contribution in [0.25, 0.3) is 33.1 Å². The zero-order chi connectivity index (χ0) is 14.2. The summed E-state index contributed by atoms with van der Waals surface area (Å²) in [7, 11) is 0. The van der Waals surface area contributed by atoms with Crippen molar-refractivity contribution in [3.63, 3.8) is 0 Å². The smallest absolute Gasteiger partial charge is 0.160 e. The van der Waals surface area contributed by atoms with E-state index in [1.165, 1.54) is 5.52 Å². The standard InChI is InChI=1S/C17H16N4.ClH/c18-10-5-11-21-15-9-4-1-6-12(15)16-17(21)20-14-8-3-2-7-13(14)19-16;/h1-4,6-9H,5,10-11,18H2;1H. The maximum Gasteiger partial charge on any atom is 0.160 e. The molecule has 0 atom stereocenters. The number of nitrogens with zero attached hydrogens (tertiary/aromatic N) is 3. The number of nitrogens with two attached hydrogens (primary N) is 1. The lowest BCUT2D eigenvalue weighted by atomic mass is 10.2. The number of para-hydroxylation sites is 3. The molecule has 4 aromatic rings. The third-order valence-electron chi connectivity index (χ3n) is 3.84. The summed E-state index contributed by atoms with van der Waals surface area (Å²) in [6.07, 6.45) is 0.933. The third-order valence-corrected chi connectivity index (χ3v) is 3.84. The van der Waals surface area contributed by atoms with E-state index in [2.05, 4.69) is 22.8 Å². The molecule has 0 bridgehead atoms. The summed E-state index contributed by atoms with van der Waals surface area (Å²) in [5.74, 6) is 0. The number of fused-ring (bicyclic) bond motifs is 4. The van der Waals surface area contributed by atoms with Crippen molar-refractivity contribution in [3.8, 4) is 0 Å². The summed E-state index contributed by atoms with van der Waals surface area (Å²) in [5, 5.41) is 1.16. The Morgan fingerprint density at radius 3 is 2.36 bits per heavy atom. The minimum Gasteiger partial charge on any atom is -0.330 e. The first-order valence-electron chi connectivity index (χ1n) is 7.22. The van der Waals surface area contributed by atoms with E-state index in [1.54, 1.807) is 0 Å². The molecule has 0 spiro atoms. The van der Waals surface area contributed by atoms with Crippen LogP contribution < -0.4 is 5.73 Å². The van der Waals surface area contributed by atoms with E-state index < -0.39 is 0 Å². The topological polar surface area (TPSA) is 56.7 Å². The van der Waals surface area contributed by atoms with Crippen LogP contribution in [0.2, 0.25) is 0 Å². The minimum atomic E-state index is 0. The quantitative estimate of drug-likeness (QED) is 0.630. The average molecular weight is 313 g/mol. The van der Waals surface area contributed by atoms with Gasteiger partial charge < -0.3 is 10.3 Å². The molecule has 0 radical (unpaired) electrons. The Kier molecular flexibility index (Phi) is 3.96. The number of aromatic nitrogens is 3. The molecule has 2 N–H and O–H groups in total. The SMILES string of the molecule is Cl.NCCCn1c2ccccc2c2nc3ccccc3nc21. The van der Waals surface area contributed by atoms with Crippen LogP contribution in [-0.4, -0.2) is 21.1 Å². The summed E-state index contributed by atoms with van der Waals surface area (Å²) in [4.78, 5) is 9.65. The van der Waals surface area contributed by atoms with Gasteiger partial charge in [-0.1, -0.05) is 30.3 Å². The summed E-state index contributed by atoms with van der Waals surface area (Å²) >= 11 is 0. The Morgan fingerprint density at radius 2 is 1.59 bits per heavy atom. The zero-order valence-electron chi connectivity index (χ0n) is 12.1. The van der Waals surface area contributed by atoms with Crippen LogP contribution in [0.4, 0.5) is 0 Å². The van der Waals surface area contributed by atoms with Crippen molar-refractivity contribution >= 4 is 45.5 Å². The molecule has 0 saturated carbocycles. The lowest BCUT2D eigenvalue weighted by Crippen LogP contribution is -2.06. The van der Waals surface area contributed by atoms with Crippen LogP contribution in [0.5, 0.6) is 0 Å². The Hall–Kier alpha value is -2.17. The molecule has 4 nitrogen and oxygen atoms in total. The highest BCUT2D eigenvalue weighted by molar-refractivity contribution is 6.06. The molecule has 2 heterocycles. The average Bonchev–Trinajstić information content (AvgIpc) is 2.84. The highest BCUT2D eigenvalue weighted by Gasteiger charge is 2.13. The van der Waals surface area contributed by atoms with Gasteiger partial charge in [-0.15, -0.1) is 12.4 Å². The van der Waals surface area contributed by atoms with Crippen molar-refractivity contribution in [2.45, 2.75) is 13.0 Å². The van der Waals surface area contributed by atoms with Gasteiger partial charge in [0, 0.05) is 11.9 Å². The lowest BCUT2D eigenvalue weighted by Gasteiger charge is -2.05. The number of hydrogen-bond donors (Lipinski definition) is 1. The van der Waals surface area contributed by atoms with E-state index in [0.717, 1.165) is 40.5 Å². The molecule has 112 valence electrons. The van der Waals surface area contributed by atoms with Crippen molar-refractivity contribution in [2.75, 3.05) is 6.54 Å². The van der Waals surface area contributed by atoms with Crippen LogP contribution >= 0.6 is 12.4 Å². The minimum absolute atomic E-state index is 0. The maximum atomic E-state index is 5.67. The second-order valence-corrected chi connectivity index (χ2v) is 5.20.